The standard InChI is InChI=1S/C20H23NO5/c1-19(24)8-11-25-20(13-19)6-9-21(10-7-20)18(23)17-12-15(22)14-4-2-3-5-16(14)26-17/h2-5,12,24H,6-11,13H2,1H3. The van der Waals surface area contributed by atoms with Gasteiger partial charge in [-0.05, 0) is 38.3 Å². The molecule has 1 N–H and O–H groups in total. The summed E-state index contributed by atoms with van der Waals surface area (Å²) in [4.78, 5) is 26.7. The van der Waals surface area contributed by atoms with E-state index in [1.165, 1.54) is 6.07 Å². The number of rotatable bonds is 1. The van der Waals surface area contributed by atoms with Crippen LogP contribution in [0, 0.1) is 0 Å². The Morgan fingerprint density at radius 2 is 1.92 bits per heavy atom. The highest BCUT2D eigenvalue weighted by Gasteiger charge is 2.45. The summed E-state index contributed by atoms with van der Waals surface area (Å²) in [6, 6.07) is 8.19. The molecule has 3 heterocycles. The van der Waals surface area contributed by atoms with Crippen LogP contribution in [-0.4, -0.2) is 46.8 Å². The number of carbonyl (C=O) groups is 1. The van der Waals surface area contributed by atoms with Crippen molar-refractivity contribution in [2.45, 2.75) is 43.8 Å². The lowest BCUT2D eigenvalue weighted by Gasteiger charge is -2.48. The summed E-state index contributed by atoms with van der Waals surface area (Å²) in [5.74, 6) is -0.202. The lowest BCUT2D eigenvalue weighted by Crippen LogP contribution is -2.54. The number of hydrogen-bond donors (Lipinski definition) is 1. The second kappa shape index (κ2) is 6.21. The topological polar surface area (TPSA) is 80.0 Å². The molecular weight excluding hydrogens is 334 g/mol. The maximum absolute atomic E-state index is 12.8. The Morgan fingerprint density at radius 3 is 2.65 bits per heavy atom. The van der Waals surface area contributed by atoms with Crippen molar-refractivity contribution >= 4 is 16.9 Å². The molecular formula is C20H23NO5. The molecule has 6 heteroatoms. The Labute approximate surface area is 151 Å². The van der Waals surface area contributed by atoms with Crippen molar-refractivity contribution in [1.29, 1.82) is 0 Å². The maximum Gasteiger partial charge on any atom is 0.289 e. The van der Waals surface area contributed by atoms with Crippen LogP contribution < -0.4 is 5.43 Å². The number of fused-ring (bicyclic) bond motifs is 1. The van der Waals surface area contributed by atoms with Gasteiger partial charge in [0, 0.05) is 25.6 Å². The average Bonchev–Trinajstić information content (AvgIpc) is 2.61. The fraction of sp³-hybridized carbons (Fsp3) is 0.500. The lowest BCUT2D eigenvalue weighted by molar-refractivity contribution is -0.170. The minimum atomic E-state index is -0.713. The normalized spacial score (nSPS) is 25.5. The number of likely N-dealkylation sites (tertiary alicyclic amines) is 1. The highest BCUT2D eigenvalue weighted by atomic mass is 16.5. The van der Waals surface area contributed by atoms with Crippen LogP contribution in [0.15, 0.2) is 39.5 Å². The summed E-state index contributed by atoms with van der Waals surface area (Å²) < 4.78 is 11.6. The van der Waals surface area contributed by atoms with Gasteiger partial charge in [-0.15, -0.1) is 0 Å². The molecule has 26 heavy (non-hydrogen) atoms. The van der Waals surface area contributed by atoms with Crippen LogP contribution in [0.5, 0.6) is 0 Å². The number of carbonyl (C=O) groups excluding carboxylic acids is 1. The molecule has 1 aromatic heterocycles. The van der Waals surface area contributed by atoms with Gasteiger partial charge >= 0.3 is 0 Å². The molecule has 0 radical (unpaired) electrons. The van der Waals surface area contributed by atoms with E-state index in [0.717, 1.165) is 0 Å². The molecule has 2 saturated heterocycles. The van der Waals surface area contributed by atoms with Crippen molar-refractivity contribution in [2.24, 2.45) is 0 Å². The second-order valence-corrected chi connectivity index (χ2v) is 7.72. The second-order valence-electron chi connectivity index (χ2n) is 7.72. The fourth-order valence-electron chi connectivity index (χ4n) is 4.12. The van der Waals surface area contributed by atoms with E-state index in [9.17, 15) is 14.7 Å². The molecule has 1 atom stereocenters. The number of amides is 1. The van der Waals surface area contributed by atoms with Crippen molar-refractivity contribution in [3.63, 3.8) is 0 Å². The number of hydrogen-bond acceptors (Lipinski definition) is 5. The zero-order valence-electron chi connectivity index (χ0n) is 14.9. The van der Waals surface area contributed by atoms with Gasteiger partial charge in [0.2, 0.25) is 0 Å². The third kappa shape index (κ3) is 3.15. The zero-order chi connectivity index (χ0) is 18.4. The Kier molecular flexibility index (Phi) is 4.12. The minimum Gasteiger partial charge on any atom is -0.451 e. The van der Waals surface area contributed by atoms with Crippen molar-refractivity contribution in [1.82, 2.24) is 4.90 Å². The number of benzene rings is 1. The third-order valence-corrected chi connectivity index (χ3v) is 5.56. The van der Waals surface area contributed by atoms with Gasteiger partial charge < -0.3 is 19.2 Å². The molecule has 1 spiro atoms. The van der Waals surface area contributed by atoms with Gasteiger partial charge in [-0.3, -0.25) is 9.59 Å². The lowest BCUT2D eigenvalue weighted by atomic mass is 9.78. The predicted octanol–water partition coefficient (Wildman–Crippen LogP) is 2.33. The SMILES string of the molecule is CC1(O)CCOC2(CCN(C(=O)c3cc(=O)c4ccccc4o3)CC2)C1. The maximum atomic E-state index is 12.8. The molecule has 6 nitrogen and oxygen atoms in total. The van der Waals surface area contributed by atoms with Crippen molar-refractivity contribution in [2.75, 3.05) is 19.7 Å². The van der Waals surface area contributed by atoms with Gasteiger partial charge in [-0.1, -0.05) is 12.1 Å². The van der Waals surface area contributed by atoms with Crippen molar-refractivity contribution in [3.05, 3.63) is 46.3 Å². The first-order valence-electron chi connectivity index (χ1n) is 9.06. The largest absolute Gasteiger partial charge is 0.451 e. The van der Waals surface area contributed by atoms with Crippen molar-refractivity contribution < 1.29 is 19.1 Å². The van der Waals surface area contributed by atoms with Gasteiger partial charge in [-0.2, -0.15) is 0 Å². The number of nitrogens with zero attached hydrogens (tertiary/aromatic N) is 1. The third-order valence-electron chi connectivity index (χ3n) is 5.56. The van der Waals surface area contributed by atoms with E-state index in [1.54, 1.807) is 29.2 Å². The quantitative estimate of drug-likeness (QED) is 0.847. The molecule has 2 fully saturated rings. The van der Waals surface area contributed by atoms with Crippen LogP contribution in [-0.2, 0) is 4.74 Å². The molecule has 138 valence electrons. The van der Waals surface area contributed by atoms with Gasteiger partial charge in [0.15, 0.2) is 11.2 Å². The van der Waals surface area contributed by atoms with Crippen LogP contribution in [0.4, 0.5) is 0 Å². The molecule has 1 unspecified atom stereocenters. The van der Waals surface area contributed by atoms with Gasteiger partial charge in [0.25, 0.3) is 5.91 Å². The summed E-state index contributed by atoms with van der Waals surface area (Å²) in [5, 5.41) is 10.8. The van der Waals surface area contributed by atoms with Gasteiger partial charge in [0.1, 0.15) is 5.58 Å². The number of para-hydroxylation sites is 1. The zero-order valence-corrected chi connectivity index (χ0v) is 14.9. The summed E-state index contributed by atoms with van der Waals surface area (Å²) in [7, 11) is 0. The number of piperidine rings is 1. The van der Waals surface area contributed by atoms with Crippen LogP contribution in [0.25, 0.3) is 11.0 Å². The Balaban J connectivity index is 1.51. The molecule has 0 bridgehead atoms. The molecule has 4 rings (SSSR count). The molecule has 0 saturated carbocycles. The van der Waals surface area contributed by atoms with Crippen LogP contribution >= 0.6 is 0 Å². The predicted molar refractivity (Wildman–Crippen MR) is 96.2 cm³/mol. The van der Waals surface area contributed by atoms with E-state index in [2.05, 4.69) is 0 Å². The summed E-state index contributed by atoms with van der Waals surface area (Å²) in [6.45, 7) is 3.43. The van der Waals surface area contributed by atoms with Gasteiger partial charge in [0.05, 0.1) is 23.2 Å². The van der Waals surface area contributed by atoms with E-state index >= 15 is 0 Å². The Hall–Kier alpha value is -2.18. The van der Waals surface area contributed by atoms with Crippen molar-refractivity contribution in [3.8, 4) is 0 Å². The molecule has 0 aliphatic carbocycles. The smallest absolute Gasteiger partial charge is 0.289 e. The summed E-state index contributed by atoms with van der Waals surface area (Å²) in [6.07, 6.45) is 2.58. The van der Waals surface area contributed by atoms with Gasteiger partial charge in [-0.25, -0.2) is 0 Å². The van der Waals surface area contributed by atoms with E-state index in [1.807, 2.05) is 6.92 Å². The molecule has 2 aromatic rings. The summed E-state index contributed by atoms with van der Waals surface area (Å²) in [5.41, 5.74) is -0.864. The molecule has 2 aliphatic rings. The monoisotopic (exact) mass is 357 g/mol. The number of ether oxygens (including phenoxy) is 1. The van der Waals surface area contributed by atoms with E-state index in [-0.39, 0.29) is 22.7 Å². The first kappa shape index (κ1) is 17.2. The van der Waals surface area contributed by atoms with Crippen LogP contribution in [0.1, 0.15) is 43.2 Å². The minimum absolute atomic E-state index is 0.0706. The Bertz CT molecular complexity index is 892. The van der Waals surface area contributed by atoms with Crippen LogP contribution in [0.2, 0.25) is 0 Å². The summed E-state index contributed by atoms with van der Waals surface area (Å²) >= 11 is 0. The number of aliphatic hydroxyl groups is 1. The molecule has 1 aromatic carbocycles. The van der Waals surface area contributed by atoms with E-state index in [4.69, 9.17) is 9.15 Å². The highest BCUT2D eigenvalue weighted by molar-refractivity contribution is 5.93. The first-order valence-corrected chi connectivity index (χ1v) is 9.06. The average molecular weight is 357 g/mol. The first-order chi connectivity index (χ1) is 12.4. The van der Waals surface area contributed by atoms with E-state index in [0.29, 0.717) is 56.3 Å². The Morgan fingerprint density at radius 1 is 1.19 bits per heavy atom. The molecule has 1 amide bonds. The van der Waals surface area contributed by atoms with Crippen LogP contribution in [0.3, 0.4) is 0 Å². The fourth-order valence-corrected chi connectivity index (χ4v) is 4.12. The van der Waals surface area contributed by atoms with E-state index < -0.39 is 5.60 Å². The molecule has 2 aliphatic heterocycles. The highest BCUT2D eigenvalue weighted by Crippen LogP contribution is 2.39.